The molecule has 0 radical (unpaired) electrons. The lowest BCUT2D eigenvalue weighted by atomic mass is 10.5. The lowest BCUT2D eigenvalue weighted by Gasteiger charge is -1.97. The minimum Gasteiger partial charge on any atom is -0.469 e. The molecule has 0 amide bonds. The van der Waals surface area contributed by atoms with Crippen molar-refractivity contribution in [2.75, 3.05) is 12.9 Å². The van der Waals surface area contributed by atoms with Crippen molar-refractivity contribution < 1.29 is 14.6 Å². The monoisotopic (exact) mass is 232 g/mol. The van der Waals surface area contributed by atoms with Crippen molar-refractivity contribution in [2.45, 2.75) is 17.2 Å². The fourth-order valence-corrected chi connectivity index (χ4v) is 2.89. The first-order chi connectivity index (χ1) is 6.76. The molecular weight excluding hydrogens is 220 g/mol. The van der Waals surface area contributed by atoms with Crippen LogP contribution in [0.5, 0.6) is 0 Å². The Morgan fingerprint density at radius 3 is 3.00 bits per heavy atom. The molecule has 0 saturated heterocycles. The molecule has 5 heteroatoms. The van der Waals surface area contributed by atoms with E-state index >= 15 is 0 Å². The zero-order chi connectivity index (χ0) is 10.4. The van der Waals surface area contributed by atoms with Crippen molar-refractivity contribution in [3.05, 3.63) is 17.0 Å². The second kappa shape index (κ2) is 6.06. The number of aliphatic hydroxyl groups excluding tert-OH is 1. The van der Waals surface area contributed by atoms with E-state index in [1.807, 2.05) is 12.1 Å². The molecule has 1 N–H and O–H groups in total. The van der Waals surface area contributed by atoms with Crippen LogP contribution >= 0.6 is 23.1 Å². The van der Waals surface area contributed by atoms with Gasteiger partial charge in [-0.25, -0.2) is 0 Å². The highest BCUT2D eigenvalue weighted by Crippen LogP contribution is 2.27. The van der Waals surface area contributed by atoms with Crippen LogP contribution in [0, 0.1) is 0 Å². The lowest BCUT2D eigenvalue weighted by Crippen LogP contribution is -2.00. The molecule has 1 rings (SSSR count). The molecule has 0 unspecified atom stereocenters. The summed E-state index contributed by atoms with van der Waals surface area (Å²) in [6, 6.07) is 3.85. The normalized spacial score (nSPS) is 10.1. The van der Waals surface area contributed by atoms with E-state index in [-0.39, 0.29) is 12.6 Å². The molecule has 0 atom stereocenters. The largest absolute Gasteiger partial charge is 0.469 e. The van der Waals surface area contributed by atoms with Gasteiger partial charge in [-0.05, 0) is 12.1 Å². The zero-order valence-corrected chi connectivity index (χ0v) is 9.49. The third-order valence-electron chi connectivity index (χ3n) is 1.57. The quantitative estimate of drug-likeness (QED) is 0.622. The van der Waals surface area contributed by atoms with Gasteiger partial charge in [-0.15, -0.1) is 23.1 Å². The molecule has 78 valence electrons. The molecule has 1 heterocycles. The van der Waals surface area contributed by atoms with E-state index in [0.717, 1.165) is 14.8 Å². The van der Waals surface area contributed by atoms with Gasteiger partial charge in [-0.3, -0.25) is 4.79 Å². The van der Waals surface area contributed by atoms with Crippen LogP contribution in [-0.2, 0) is 16.1 Å². The summed E-state index contributed by atoms with van der Waals surface area (Å²) in [6.45, 7) is 0.0855. The maximum Gasteiger partial charge on any atom is 0.306 e. The Hall–Kier alpha value is -0.520. The zero-order valence-electron chi connectivity index (χ0n) is 7.86. The van der Waals surface area contributed by atoms with E-state index in [1.54, 1.807) is 23.1 Å². The first kappa shape index (κ1) is 11.6. The van der Waals surface area contributed by atoms with Crippen molar-refractivity contribution in [3.63, 3.8) is 0 Å². The number of hydrogen-bond donors (Lipinski definition) is 1. The van der Waals surface area contributed by atoms with Crippen molar-refractivity contribution in [1.29, 1.82) is 0 Å². The van der Waals surface area contributed by atoms with Crippen LogP contribution < -0.4 is 0 Å². The lowest BCUT2D eigenvalue weighted by molar-refractivity contribution is -0.140. The van der Waals surface area contributed by atoms with E-state index in [2.05, 4.69) is 4.74 Å². The van der Waals surface area contributed by atoms with Crippen LogP contribution in [0.1, 0.15) is 11.3 Å². The van der Waals surface area contributed by atoms with Crippen LogP contribution in [-0.4, -0.2) is 23.9 Å². The molecule has 0 aliphatic heterocycles. The maximum absolute atomic E-state index is 10.8. The molecule has 3 nitrogen and oxygen atoms in total. The Kier molecular flexibility index (Phi) is 5.00. The first-order valence-corrected chi connectivity index (χ1v) is 5.95. The Balaban J connectivity index is 2.27. The summed E-state index contributed by atoms with van der Waals surface area (Å²) in [4.78, 5) is 11.7. The third-order valence-corrected chi connectivity index (χ3v) is 3.87. The number of aliphatic hydroxyl groups is 1. The molecule has 1 aromatic heterocycles. The van der Waals surface area contributed by atoms with E-state index in [4.69, 9.17) is 5.11 Å². The topological polar surface area (TPSA) is 46.5 Å². The SMILES string of the molecule is COC(=O)CCSc1ccc(CO)s1. The molecule has 0 saturated carbocycles. The number of carbonyl (C=O) groups is 1. The highest BCUT2D eigenvalue weighted by Gasteiger charge is 2.03. The van der Waals surface area contributed by atoms with E-state index in [1.165, 1.54) is 7.11 Å². The second-order valence-electron chi connectivity index (χ2n) is 2.55. The van der Waals surface area contributed by atoms with E-state index < -0.39 is 0 Å². The number of thioether (sulfide) groups is 1. The average Bonchev–Trinajstić information content (AvgIpc) is 2.65. The number of carbonyl (C=O) groups excluding carboxylic acids is 1. The van der Waals surface area contributed by atoms with Gasteiger partial charge in [0.2, 0.25) is 0 Å². The predicted molar refractivity (Wildman–Crippen MR) is 57.6 cm³/mol. The second-order valence-corrected chi connectivity index (χ2v) is 5.12. The molecule has 14 heavy (non-hydrogen) atoms. The fourth-order valence-electron chi connectivity index (χ4n) is 0.858. The average molecular weight is 232 g/mol. The Bertz CT molecular complexity index is 296. The maximum atomic E-state index is 10.8. The summed E-state index contributed by atoms with van der Waals surface area (Å²) in [5.41, 5.74) is 0. The van der Waals surface area contributed by atoms with Gasteiger partial charge < -0.3 is 9.84 Å². The predicted octanol–water partition coefficient (Wildman–Crippen LogP) is 1.90. The Morgan fingerprint density at radius 1 is 1.64 bits per heavy atom. The van der Waals surface area contributed by atoms with Crippen molar-refractivity contribution in [2.24, 2.45) is 0 Å². The summed E-state index contributed by atoms with van der Waals surface area (Å²) in [6.07, 6.45) is 0.424. The third kappa shape index (κ3) is 3.69. The van der Waals surface area contributed by atoms with Crippen LogP contribution in [0.25, 0.3) is 0 Å². The number of hydrogen-bond acceptors (Lipinski definition) is 5. The molecule has 0 bridgehead atoms. The van der Waals surface area contributed by atoms with Gasteiger partial charge in [0.1, 0.15) is 0 Å². The van der Waals surface area contributed by atoms with Crippen LogP contribution in [0.3, 0.4) is 0 Å². The van der Waals surface area contributed by atoms with E-state index in [9.17, 15) is 4.79 Å². The number of esters is 1. The highest BCUT2D eigenvalue weighted by molar-refractivity contribution is 8.01. The van der Waals surface area contributed by atoms with Gasteiger partial charge in [-0.1, -0.05) is 0 Å². The standard InChI is InChI=1S/C9H12O3S2/c1-12-8(11)4-5-13-9-3-2-7(6-10)14-9/h2-3,10H,4-6H2,1H3. The summed E-state index contributed by atoms with van der Waals surface area (Å²) in [5.74, 6) is 0.536. The molecular formula is C9H12O3S2. The molecule has 0 spiro atoms. The van der Waals surface area contributed by atoms with Gasteiger partial charge in [0.15, 0.2) is 0 Å². The summed E-state index contributed by atoms with van der Waals surface area (Å²) in [5, 5.41) is 8.83. The van der Waals surface area contributed by atoms with Crippen LogP contribution in [0.2, 0.25) is 0 Å². The van der Waals surface area contributed by atoms with Gasteiger partial charge in [0.05, 0.1) is 24.3 Å². The van der Waals surface area contributed by atoms with E-state index in [0.29, 0.717) is 6.42 Å². The van der Waals surface area contributed by atoms with Gasteiger partial charge in [0, 0.05) is 10.6 Å². The van der Waals surface area contributed by atoms with Gasteiger partial charge in [0.25, 0.3) is 0 Å². The molecule has 0 fully saturated rings. The highest BCUT2D eigenvalue weighted by atomic mass is 32.2. The molecule has 0 aliphatic rings. The summed E-state index contributed by atoms with van der Waals surface area (Å²) >= 11 is 3.16. The number of thiophene rings is 1. The molecule has 0 aliphatic carbocycles. The number of ether oxygens (including phenoxy) is 1. The van der Waals surface area contributed by atoms with Crippen molar-refractivity contribution in [3.8, 4) is 0 Å². The minimum absolute atomic E-state index is 0.0855. The van der Waals surface area contributed by atoms with Crippen LogP contribution in [0.15, 0.2) is 16.3 Å². The molecule has 0 aromatic carbocycles. The smallest absolute Gasteiger partial charge is 0.306 e. The Morgan fingerprint density at radius 2 is 2.43 bits per heavy atom. The first-order valence-electron chi connectivity index (χ1n) is 4.15. The summed E-state index contributed by atoms with van der Waals surface area (Å²) < 4.78 is 5.65. The van der Waals surface area contributed by atoms with Gasteiger partial charge in [-0.2, -0.15) is 0 Å². The van der Waals surface area contributed by atoms with Gasteiger partial charge >= 0.3 is 5.97 Å². The minimum atomic E-state index is -0.184. The fraction of sp³-hybridized carbons (Fsp3) is 0.444. The van der Waals surface area contributed by atoms with Crippen LogP contribution in [0.4, 0.5) is 0 Å². The Labute approximate surface area is 91.1 Å². The van der Waals surface area contributed by atoms with Crippen molar-refractivity contribution >= 4 is 29.1 Å². The molecule has 1 aromatic rings. The number of rotatable bonds is 5. The summed E-state index contributed by atoms with van der Waals surface area (Å²) in [7, 11) is 1.39. The van der Waals surface area contributed by atoms with Crippen molar-refractivity contribution in [1.82, 2.24) is 0 Å². The number of methoxy groups -OCH3 is 1.